The Morgan fingerprint density at radius 2 is 1.69 bits per heavy atom. The van der Waals surface area contributed by atoms with E-state index >= 15 is 0 Å². The van der Waals surface area contributed by atoms with Gasteiger partial charge < -0.3 is 5.11 Å². The molecule has 134 valence electrons. The quantitative estimate of drug-likeness (QED) is 0.767. The predicted octanol–water partition coefficient (Wildman–Crippen LogP) is 4.28. The fraction of sp³-hybridized carbons (Fsp3) is 0.0556. The minimum atomic E-state index is -4.19. The number of allylic oxidation sites excluding steroid dienone is 2. The fourth-order valence-corrected chi connectivity index (χ4v) is 4.50. The van der Waals surface area contributed by atoms with E-state index in [1.807, 2.05) is 0 Å². The van der Waals surface area contributed by atoms with Crippen molar-refractivity contribution in [2.24, 2.45) is 0 Å². The number of para-hydroxylation sites is 1. The normalized spacial score (nSPS) is 16.0. The number of halogens is 2. The lowest BCUT2D eigenvalue weighted by atomic mass is 10.1. The lowest BCUT2D eigenvalue weighted by molar-refractivity contribution is -0.110. The summed E-state index contributed by atoms with van der Waals surface area (Å²) in [7, 11) is -2.87. The third kappa shape index (κ3) is 3.00. The topological polar surface area (TPSA) is 74.7 Å². The molecule has 1 aliphatic rings. The summed E-state index contributed by atoms with van der Waals surface area (Å²) in [4.78, 5) is 11.9. The molecule has 0 aliphatic carbocycles. The Labute approximate surface area is 160 Å². The molecule has 8 heteroatoms. The summed E-state index contributed by atoms with van der Waals surface area (Å²) >= 11 is 12.1. The van der Waals surface area contributed by atoms with Crippen molar-refractivity contribution >= 4 is 56.5 Å². The average molecular weight is 410 g/mol. The molecular formula is C18H13Cl2NO4S. The number of nitrogens with zero attached hydrogens (tertiary/aromatic N) is 1. The maximum atomic E-state index is 12.7. The van der Waals surface area contributed by atoms with Gasteiger partial charge in [-0.05, 0) is 36.4 Å². The number of hydrogen-bond donors (Lipinski definition) is 1. The Kier molecular flexibility index (Phi) is 4.84. The van der Waals surface area contributed by atoms with Crippen molar-refractivity contribution in [2.75, 3.05) is 11.4 Å². The van der Waals surface area contributed by atoms with Crippen molar-refractivity contribution in [1.82, 2.24) is 0 Å². The largest absolute Gasteiger partial charge is 0.506 e. The van der Waals surface area contributed by atoms with Crippen LogP contribution in [0, 0.1) is 0 Å². The molecule has 0 amide bonds. The number of aliphatic hydroxyl groups is 1. The first kappa shape index (κ1) is 18.5. The number of benzene rings is 2. The number of carbonyl (C=O) groups is 1. The number of carbonyl (C=O) groups excluding carboxylic acids is 1. The number of rotatable bonds is 3. The van der Waals surface area contributed by atoms with Gasteiger partial charge in [-0.2, -0.15) is 0 Å². The highest BCUT2D eigenvalue weighted by atomic mass is 35.5. The number of anilines is 1. The van der Waals surface area contributed by atoms with Gasteiger partial charge in [-0.25, -0.2) is 8.42 Å². The zero-order valence-corrected chi connectivity index (χ0v) is 15.8. The summed E-state index contributed by atoms with van der Waals surface area (Å²) in [5.74, 6) is -1.46. The van der Waals surface area contributed by atoms with Gasteiger partial charge in [-0.3, -0.25) is 9.10 Å². The number of aliphatic hydroxyl groups excluding tert-OH is 1. The highest BCUT2D eigenvalue weighted by Crippen LogP contribution is 2.37. The van der Waals surface area contributed by atoms with Crippen molar-refractivity contribution in [3.8, 4) is 0 Å². The van der Waals surface area contributed by atoms with Crippen molar-refractivity contribution in [3.63, 3.8) is 0 Å². The summed E-state index contributed by atoms with van der Waals surface area (Å²) in [5.41, 5.74) is 0.934. The third-order valence-electron chi connectivity index (χ3n) is 3.96. The van der Waals surface area contributed by atoms with E-state index in [-0.39, 0.29) is 5.56 Å². The molecule has 0 radical (unpaired) electrons. The molecule has 0 atom stereocenters. The second-order valence-electron chi connectivity index (χ2n) is 5.50. The van der Waals surface area contributed by atoms with Gasteiger partial charge in [0.2, 0.25) is 5.78 Å². The molecule has 0 fully saturated rings. The van der Waals surface area contributed by atoms with Gasteiger partial charge in [0, 0.05) is 28.2 Å². The Hall–Kier alpha value is -2.28. The fourth-order valence-electron chi connectivity index (χ4n) is 2.61. The van der Waals surface area contributed by atoms with E-state index in [9.17, 15) is 18.3 Å². The number of sulfonamides is 1. The summed E-state index contributed by atoms with van der Waals surface area (Å²) < 4.78 is 26.3. The molecule has 0 bridgehead atoms. The van der Waals surface area contributed by atoms with Crippen LogP contribution in [0.2, 0.25) is 10.0 Å². The molecule has 2 aromatic rings. The molecule has 0 spiro atoms. The second kappa shape index (κ2) is 6.79. The first-order valence-corrected chi connectivity index (χ1v) is 9.62. The molecule has 1 heterocycles. The minimum absolute atomic E-state index is 0.261. The molecular weight excluding hydrogens is 397 g/mol. The van der Waals surface area contributed by atoms with Gasteiger partial charge in [0.1, 0.15) is 5.76 Å². The van der Waals surface area contributed by atoms with Crippen LogP contribution < -0.4 is 4.31 Å². The van der Waals surface area contributed by atoms with Crippen LogP contribution in [-0.2, 0) is 14.8 Å². The van der Waals surface area contributed by atoms with Crippen LogP contribution in [0.3, 0.4) is 0 Å². The Balaban J connectivity index is 2.10. The lowest BCUT2D eigenvalue weighted by Gasteiger charge is -2.27. The summed E-state index contributed by atoms with van der Waals surface area (Å²) in [6.45, 7) is 0. The van der Waals surface area contributed by atoms with Crippen LogP contribution in [0.25, 0.3) is 11.8 Å². The molecule has 0 aromatic heterocycles. The predicted molar refractivity (Wildman–Crippen MR) is 104 cm³/mol. The van der Waals surface area contributed by atoms with Crippen molar-refractivity contribution in [2.45, 2.75) is 0 Å². The second-order valence-corrected chi connectivity index (χ2v) is 8.22. The maximum Gasteiger partial charge on any atom is 0.271 e. The van der Waals surface area contributed by atoms with Gasteiger partial charge in [-0.1, -0.05) is 41.4 Å². The molecule has 0 unspecified atom stereocenters. The lowest BCUT2D eigenvalue weighted by Crippen LogP contribution is -2.34. The van der Waals surface area contributed by atoms with Gasteiger partial charge in [-0.15, -0.1) is 0 Å². The van der Waals surface area contributed by atoms with Crippen LogP contribution in [0.15, 0.2) is 53.4 Å². The third-order valence-corrected chi connectivity index (χ3v) is 6.44. The van der Waals surface area contributed by atoms with Gasteiger partial charge >= 0.3 is 0 Å². The minimum Gasteiger partial charge on any atom is -0.506 e. The van der Waals surface area contributed by atoms with E-state index in [4.69, 9.17) is 23.2 Å². The van der Waals surface area contributed by atoms with Crippen molar-refractivity contribution < 1.29 is 18.3 Å². The van der Waals surface area contributed by atoms with Crippen LogP contribution in [-0.4, -0.2) is 26.4 Å². The summed E-state index contributed by atoms with van der Waals surface area (Å²) in [5, 5.41) is 11.0. The molecule has 26 heavy (non-hydrogen) atoms. The highest BCUT2D eigenvalue weighted by Gasteiger charge is 2.38. The van der Waals surface area contributed by atoms with Crippen LogP contribution in [0.5, 0.6) is 0 Å². The molecule has 1 N–H and O–H groups in total. The first-order chi connectivity index (χ1) is 12.2. The van der Waals surface area contributed by atoms with Crippen LogP contribution >= 0.6 is 23.2 Å². The zero-order chi connectivity index (χ0) is 19.1. The standard InChI is InChI=1S/C18H13Cl2NO4S/c1-21-15-8-3-2-5-12(15)17(23)18(26(21,24)25)16(22)10-9-11-13(19)6-4-7-14(11)20/h2-10,23H,1H3/b10-9+. The average Bonchev–Trinajstić information content (AvgIpc) is 2.59. The summed E-state index contributed by atoms with van der Waals surface area (Å²) in [6.07, 6.45) is 2.35. The Bertz CT molecular complexity index is 1050. The smallest absolute Gasteiger partial charge is 0.271 e. The molecule has 1 aliphatic heterocycles. The number of hydrogen-bond acceptors (Lipinski definition) is 4. The number of ketones is 1. The van der Waals surface area contributed by atoms with Crippen LogP contribution in [0.1, 0.15) is 11.1 Å². The molecule has 0 saturated carbocycles. The Morgan fingerprint density at radius 3 is 2.35 bits per heavy atom. The first-order valence-electron chi connectivity index (χ1n) is 7.43. The molecule has 0 saturated heterocycles. The van der Waals surface area contributed by atoms with E-state index in [0.29, 0.717) is 21.3 Å². The highest BCUT2D eigenvalue weighted by molar-refractivity contribution is 7.97. The zero-order valence-electron chi connectivity index (χ0n) is 13.5. The monoisotopic (exact) mass is 409 g/mol. The van der Waals surface area contributed by atoms with E-state index in [2.05, 4.69) is 0 Å². The number of fused-ring (bicyclic) bond motifs is 1. The maximum absolute atomic E-state index is 12.7. The molecule has 2 aromatic carbocycles. The van der Waals surface area contributed by atoms with Gasteiger partial charge in [0.05, 0.1) is 5.69 Å². The summed E-state index contributed by atoms with van der Waals surface area (Å²) in [6, 6.07) is 11.2. The van der Waals surface area contributed by atoms with Crippen LogP contribution in [0.4, 0.5) is 5.69 Å². The van der Waals surface area contributed by atoms with Gasteiger partial charge in [0.15, 0.2) is 4.91 Å². The van der Waals surface area contributed by atoms with E-state index < -0.39 is 26.5 Å². The van der Waals surface area contributed by atoms with E-state index in [0.717, 1.165) is 10.4 Å². The van der Waals surface area contributed by atoms with Crippen molar-refractivity contribution in [1.29, 1.82) is 0 Å². The molecule has 3 rings (SSSR count). The van der Waals surface area contributed by atoms with Crippen molar-refractivity contribution in [3.05, 3.63) is 74.6 Å². The van der Waals surface area contributed by atoms with E-state index in [1.54, 1.807) is 36.4 Å². The molecule has 5 nitrogen and oxygen atoms in total. The van der Waals surface area contributed by atoms with E-state index in [1.165, 1.54) is 19.2 Å². The SMILES string of the molecule is CN1c2ccccc2C(O)=C(C(=O)/C=C/c2c(Cl)cccc2Cl)S1(=O)=O. The van der Waals surface area contributed by atoms with Gasteiger partial charge in [0.25, 0.3) is 10.0 Å². The Morgan fingerprint density at radius 1 is 1.08 bits per heavy atom.